The third kappa shape index (κ3) is 2.33. The van der Waals surface area contributed by atoms with Gasteiger partial charge in [-0.3, -0.25) is 0 Å². The van der Waals surface area contributed by atoms with Gasteiger partial charge in [0.15, 0.2) is 5.58 Å². The highest BCUT2D eigenvalue weighted by Crippen LogP contribution is 2.20. The van der Waals surface area contributed by atoms with Crippen LogP contribution in [0, 0.1) is 11.9 Å². The van der Waals surface area contributed by atoms with Gasteiger partial charge >= 0.3 is 5.97 Å². The van der Waals surface area contributed by atoms with Crippen LogP contribution in [0.25, 0.3) is 11.1 Å². The van der Waals surface area contributed by atoms with Crippen LogP contribution in [0.3, 0.4) is 0 Å². The molecule has 1 N–H and O–H groups in total. The van der Waals surface area contributed by atoms with Crippen molar-refractivity contribution in [2.24, 2.45) is 5.92 Å². The second-order valence-corrected chi connectivity index (χ2v) is 4.37. The van der Waals surface area contributed by atoms with Crippen LogP contribution in [0.1, 0.15) is 31.3 Å². The van der Waals surface area contributed by atoms with Gasteiger partial charge < -0.3 is 14.1 Å². The third-order valence-corrected chi connectivity index (χ3v) is 2.73. The van der Waals surface area contributed by atoms with Crippen molar-refractivity contribution < 1.29 is 18.3 Å². The molecule has 1 unspecified atom stereocenters. The van der Waals surface area contributed by atoms with Crippen molar-refractivity contribution in [2.75, 3.05) is 0 Å². The Balaban J connectivity index is 2.16. The van der Waals surface area contributed by atoms with E-state index in [1.807, 2.05) is 20.8 Å². The Kier molecular flexibility index (Phi) is 2.92. The summed E-state index contributed by atoms with van der Waals surface area (Å²) in [6.07, 6.45) is -0.172. The van der Waals surface area contributed by atoms with Crippen molar-refractivity contribution in [3.05, 3.63) is 23.8 Å². The van der Waals surface area contributed by atoms with Crippen molar-refractivity contribution in [3.8, 4) is 0 Å². The molecule has 2 heterocycles. The van der Waals surface area contributed by atoms with E-state index in [1.54, 1.807) is 0 Å². The fourth-order valence-corrected chi connectivity index (χ4v) is 1.37. The van der Waals surface area contributed by atoms with Crippen LogP contribution in [0.15, 0.2) is 16.5 Å². The second kappa shape index (κ2) is 4.24. The zero-order valence-electron chi connectivity index (χ0n) is 9.91. The number of hydrogen-bond donors (Lipinski definition) is 1. The molecule has 2 rings (SSSR count). The second-order valence-electron chi connectivity index (χ2n) is 4.37. The first-order valence-electron chi connectivity index (χ1n) is 5.46. The van der Waals surface area contributed by atoms with Crippen LogP contribution in [0.4, 0.5) is 4.39 Å². The minimum atomic E-state index is -0.679. The fraction of sp³-hybridized carbons (Fsp3) is 0.417. The lowest BCUT2D eigenvalue weighted by Crippen LogP contribution is -2.20. The Morgan fingerprint density at radius 2 is 2.12 bits per heavy atom. The molecule has 1 atom stereocenters. The highest BCUT2D eigenvalue weighted by atomic mass is 19.1. The molecular formula is C12H14FNO3. The van der Waals surface area contributed by atoms with Crippen LogP contribution in [-0.4, -0.2) is 17.1 Å². The van der Waals surface area contributed by atoms with E-state index in [9.17, 15) is 9.18 Å². The summed E-state index contributed by atoms with van der Waals surface area (Å²) >= 11 is 0. The molecule has 0 aliphatic rings. The zero-order chi connectivity index (χ0) is 12.6. The molecule has 5 heteroatoms. The lowest BCUT2D eigenvalue weighted by Gasteiger charge is -2.15. The van der Waals surface area contributed by atoms with Gasteiger partial charge in [0.25, 0.3) is 6.01 Å². The van der Waals surface area contributed by atoms with Crippen LogP contribution in [0.5, 0.6) is 0 Å². The molecular weight excluding hydrogens is 225 g/mol. The Labute approximate surface area is 97.7 Å². The first-order chi connectivity index (χ1) is 7.97. The third-order valence-electron chi connectivity index (χ3n) is 2.73. The minimum Gasteiger partial charge on any atom is -0.458 e. The van der Waals surface area contributed by atoms with Gasteiger partial charge in [-0.2, -0.15) is 4.39 Å². The summed E-state index contributed by atoms with van der Waals surface area (Å²) in [6.45, 7) is 5.76. The number of nitrogens with one attached hydrogen (secondary N) is 1. The predicted octanol–water partition coefficient (Wildman–Crippen LogP) is 3.10. The van der Waals surface area contributed by atoms with E-state index in [0.29, 0.717) is 11.1 Å². The molecule has 0 aliphatic carbocycles. The summed E-state index contributed by atoms with van der Waals surface area (Å²) in [4.78, 5) is 14.5. The van der Waals surface area contributed by atoms with Gasteiger partial charge in [-0.15, -0.1) is 0 Å². The van der Waals surface area contributed by atoms with Gasteiger partial charge in [0.2, 0.25) is 0 Å². The summed E-state index contributed by atoms with van der Waals surface area (Å²) in [5.74, 6) is -0.215. The maximum atomic E-state index is 12.7. The Bertz CT molecular complexity index is 509. The average molecular weight is 239 g/mol. The number of esters is 1. The number of rotatable bonds is 3. The number of carbonyl (C=O) groups is 1. The number of halogens is 1. The molecule has 0 saturated carbocycles. The van der Waals surface area contributed by atoms with Gasteiger partial charge in [0.1, 0.15) is 11.8 Å². The van der Waals surface area contributed by atoms with Crippen LogP contribution in [0.2, 0.25) is 0 Å². The lowest BCUT2D eigenvalue weighted by molar-refractivity contribution is 0.0232. The summed E-state index contributed by atoms with van der Waals surface area (Å²) in [5, 5.41) is 0. The fourth-order valence-electron chi connectivity index (χ4n) is 1.37. The van der Waals surface area contributed by atoms with E-state index in [0.717, 1.165) is 0 Å². The van der Waals surface area contributed by atoms with Gasteiger partial charge in [0, 0.05) is 12.1 Å². The number of aromatic nitrogens is 1. The summed E-state index contributed by atoms with van der Waals surface area (Å²) in [5.41, 5.74) is 1.03. The molecule has 4 nitrogen and oxygen atoms in total. The van der Waals surface area contributed by atoms with Crippen molar-refractivity contribution in [1.82, 2.24) is 4.98 Å². The number of ether oxygens (including phenoxy) is 1. The Morgan fingerprint density at radius 3 is 2.71 bits per heavy atom. The van der Waals surface area contributed by atoms with E-state index >= 15 is 0 Å². The minimum absolute atomic E-state index is 0.172. The van der Waals surface area contributed by atoms with Gasteiger partial charge in [-0.1, -0.05) is 13.8 Å². The predicted molar refractivity (Wildman–Crippen MR) is 60.2 cm³/mol. The van der Waals surface area contributed by atoms with Crippen molar-refractivity contribution in [2.45, 2.75) is 26.9 Å². The molecule has 2 aromatic heterocycles. The first-order valence-corrected chi connectivity index (χ1v) is 5.46. The molecule has 0 amide bonds. The topological polar surface area (TPSA) is 55.2 Å². The normalized spacial score (nSPS) is 13.2. The number of aromatic amines is 1. The van der Waals surface area contributed by atoms with E-state index in [-0.39, 0.29) is 17.7 Å². The highest BCUT2D eigenvalue weighted by molar-refractivity contribution is 5.93. The number of furan rings is 1. The standard InChI is InChI=1S/C12H14FNO3/c1-6(2)7(3)16-12(15)9-4-10-8(14-9)5-11(13)17-10/h4-7,14H,1-3H3. The van der Waals surface area contributed by atoms with Crippen LogP contribution >= 0.6 is 0 Å². The SMILES string of the molecule is CC(C)C(C)OC(=O)c1cc2oc(F)cc2[nH]1. The van der Waals surface area contributed by atoms with E-state index < -0.39 is 12.0 Å². The number of H-pyrrole nitrogens is 1. The van der Waals surface area contributed by atoms with Crippen molar-refractivity contribution in [3.63, 3.8) is 0 Å². The molecule has 0 aromatic carbocycles. The van der Waals surface area contributed by atoms with Crippen LogP contribution < -0.4 is 0 Å². The first kappa shape index (κ1) is 11.7. The maximum Gasteiger partial charge on any atom is 0.355 e. The van der Waals surface area contributed by atoms with Gasteiger partial charge in [-0.05, 0) is 12.8 Å². The van der Waals surface area contributed by atoms with Gasteiger partial charge in [0.05, 0.1) is 5.52 Å². The summed E-state index contributed by atoms with van der Waals surface area (Å²) < 4.78 is 22.7. The van der Waals surface area contributed by atoms with Gasteiger partial charge in [-0.25, -0.2) is 4.79 Å². The quantitative estimate of drug-likeness (QED) is 0.837. The summed E-state index contributed by atoms with van der Waals surface area (Å²) in [6, 6.07) is 1.95. The van der Waals surface area contributed by atoms with E-state index in [1.165, 1.54) is 12.1 Å². The number of hydrogen-bond acceptors (Lipinski definition) is 3. The average Bonchev–Trinajstić information content (AvgIpc) is 2.73. The molecule has 0 spiro atoms. The Morgan fingerprint density at radius 1 is 1.41 bits per heavy atom. The molecule has 0 bridgehead atoms. The smallest absolute Gasteiger partial charge is 0.355 e. The van der Waals surface area contributed by atoms with E-state index in [2.05, 4.69) is 4.98 Å². The molecule has 0 radical (unpaired) electrons. The maximum absolute atomic E-state index is 12.7. The number of fused-ring (bicyclic) bond motifs is 1. The number of carbonyl (C=O) groups excluding carboxylic acids is 1. The molecule has 0 fully saturated rings. The van der Waals surface area contributed by atoms with Crippen LogP contribution in [-0.2, 0) is 4.74 Å². The van der Waals surface area contributed by atoms with E-state index in [4.69, 9.17) is 9.15 Å². The molecule has 0 saturated heterocycles. The molecule has 17 heavy (non-hydrogen) atoms. The molecule has 0 aliphatic heterocycles. The highest BCUT2D eigenvalue weighted by Gasteiger charge is 2.18. The summed E-state index contributed by atoms with van der Waals surface area (Å²) in [7, 11) is 0. The van der Waals surface area contributed by atoms with Crippen molar-refractivity contribution in [1.29, 1.82) is 0 Å². The van der Waals surface area contributed by atoms with Crippen molar-refractivity contribution >= 4 is 17.1 Å². The molecule has 92 valence electrons. The monoisotopic (exact) mass is 239 g/mol. The Hall–Kier alpha value is -1.78. The zero-order valence-corrected chi connectivity index (χ0v) is 9.91. The largest absolute Gasteiger partial charge is 0.458 e. The lowest BCUT2D eigenvalue weighted by atomic mass is 10.1. The molecule has 2 aromatic rings.